The SMILES string of the molecule is CCCCOc1ccc(CCCCN)c2ccccc12. The van der Waals surface area contributed by atoms with Gasteiger partial charge in [-0.05, 0) is 49.2 Å². The number of hydrogen-bond acceptors (Lipinski definition) is 2. The fourth-order valence-electron chi connectivity index (χ4n) is 2.46. The van der Waals surface area contributed by atoms with Gasteiger partial charge < -0.3 is 10.5 Å². The van der Waals surface area contributed by atoms with Crippen molar-refractivity contribution < 1.29 is 4.74 Å². The van der Waals surface area contributed by atoms with Gasteiger partial charge in [0.05, 0.1) is 6.61 Å². The van der Waals surface area contributed by atoms with E-state index in [9.17, 15) is 0 Å². The van der Waals surface area contributed by atoms with Gasteiger partial charge >= 0.3 is 0 Å². The lowest BCUT2D eigenvalue weighted by atomic mass is 9.99. The van der Waals surface area contributed by atoms with Crippen LogP contribution in [0.25, 0.3) is 10.8 Å². The van der Waals surface area contributed by atoms with Crippen molar-refractivity contribution >= 4 is 10.8 Å². The molecule has 20 heavy (non-hydrogen) atoms. The maximum Gasteiger partial charge on any atom is 0.127 e. The van der Waals surface area contributed by atoms with Crippen LogP contribution in [0.4, 0.5) is 0 Å². The van der Waals surface area contributed by atoms with Gasteiger partial charge in [0.25, 0.3) is 0 Å². The molecule has 0 aliphatic rings. The van der Waals surface area contributed by atoms with E-state index in [4.69, 9.17) is 10.5 Å². The van der Waals surface area contributed by atoms with Crippen LogP contribution in [0.2, 0.25) is 0 Å². The van der Waals surface area contributed by atoms with Crippen molar-refractivity contribution in [1.29, 1.82) is 0 Å². The van der Waals surface area contributed by atoms with E-state index in [-0.39, 0.29) is 0 Å². The molecule has 0 atom stereocenters. The van der Waals surface area contributed by atoms with Crippen LogP contribution in [-0.4, -0.2) is 13.2 Å². The lowest BCUT2D eigenvalue weighted by Crippen LogP contribution is -2.00. The van der Waals surface area contributed by atoms with Crippen molar-refractivity contribution in [3.8, 4) is 5.75 Å². The highest BCUT2D eigenvalue weighted by molar-refractivity contribution is 5.91. The van der Waals surface area contributed by atoms with Gasteiger partial charge in [0.1, 0.15) is 5.75 Å². The molecule has 0 bridgehead atoms. The van der Waals surface area contributed by atoms with Crippen molar-refractivity contribution in [2.24, 2.45) is 5.73 Å². The minimum atomic E-state index is 0.774. The molecule has 0 aromatic heterocycles. The molecular weight excluding hydrogens is 246 g/mol. The molecule has 2 aromatic rings. The number of ether oxygens (including phenoxy) is 1. The van der Waals surface area contributed by atoms with Crippen LogP contribution >= 0.6 is 0 Å². The predicted molar refractivity (Wildman–Crippen MR) is 86.3 cm³/mol. The van der Waals surface area contributed by atoms with E-state index < -0.39 is 0 Å². The molecule has 2 heteroatoms. The first kappa shape index (κ1) is 14.9. The highest BCUT2D eigenvalue weighted by Crippen LogP contribution is 2.29. The van der Waals surface area contributed by atoms with E-state index in [1.165, 1.54) is 16.3 Å². The Bertz CT molecular complexity index is 487. The number of hydrogen-bond donors (Lipinski definition) is 1. The summed E-state index contributed by atoms with van der Waals surface area (Å²) >= 11 is 0. The number of rotatable bonds is 8. The second-order valence-corrected chi connectivity index (χ2v) is 5.22. The van der Waals surface area contributed by atoms with Crippen LogP contribution in [-0.2, 0) is 6.42 Å². The van der Waals surface area contributed by atoms with Gasteiger partial charge in [-0.3, -0.25) is 0 Å². The van der Waals surface area contributed by atoms with E-state index in [0.29, 0.717) is 0 Å². The molecule has 0 unspecified atom stereocenters. The first-order chi connectivity index (χ1) is 9.86. The average molecular weight is 271 g/mol. The molecule has 0 amide bonds. The third kappa shape index (κ3) is 3.73. The Balaban J connectivity index is 2.22. The fourth-order valence-corrected chi connectivity index (χ4v) is 2.46. The highest BCUT2D eigenvalue weighted by atomic mass is 16.5. The summed E-state index contributed by atoms with van der Waals surface area (Å²) in [5.41, 5.74) is 6.98. The summed E-state index contributed by atoms with van der Waals surface area (Å²) in [4.78, 5) is 0. The van der Waals surface area contributed by atoms with Crippen LogP contribution in [0.15, 0.2) is 36.4 Å². The fraction of sp³-hybridized carbons (Fsp3) is 0.444. The number of benzene rings is 2. The summed E-state index contributed by atoms with van der Waals surface area (Å²) in [5.74, 6) is 1.01. The van der Waals surface area contributed by atoms with Crippen LogP contribution < -0.4 is 10.5 Å². The number of nitrogens with two attached hydrogens (primary N) is 1. The molecule has 2 nitrogen and oxygen atoms in total. The van der Waals surface area contributed by atoms with Crippen LogP contribution in [0, 0.1) is 0 Å². The summed E-state index contributed by atoms with van der Waals surface area (Å²) < 4.78 is 5.92. The van der Waals surface area contributed by atoms with E-state index in [1.807, 2.05) is 0 Å². The van der Waals surface area contributed by atoms with Crippen molar-refractivity contribution in [3.63, 3.8) is 0 Å². The molecule has 0 saturated carbocycles. The zero-order valence-electron chi connectivity index (χ0n) is 12.4. The lowest BCUT2D eigenvalue weighted by Gasteiger charge is -2.12. The Labute approximate surface area is 121 Å². The second kappa shape index (κ2) is 7.91. The maximum atomic E-state index is 5.92. The third-order valence-corrected chi connectivity index (χ3v) is 3.63. The summed E-state index contributed by atoms with van der Waals surface area (Å²) in [6, 6.07) is 12.9. The molecule has 0 fully saturated rings. The molecule has 2 aromatic carbocycles. The minimum Gasteiger partial charge on any atom is -0.493 e. The smallest absolute Gasteiger partial charge is 0.127 e. The third-order valence-electron chi connectivity index (χ3n) is 3.63. The molecule has 0 aliphatic carbocycles. The molecule has 2 N–H and O–H groups in total. The van der Waals surface area contributed by atoms with Crippen LogP contribution in [0.5, 0.6) is 5.75 Å². The zero-order chi connectivity index (χ0) is 14.2. The Morgan fingerprint density at radius 1 is 0.950 bits per heavy atom. The summed E-state index contributed by atoms with van der Waals surface area (Å²) in [6.07, 6.45) is 5.59. The summed E-state index contributed by atoms with van der Waals surface area (Å²) in [5, 5.41) is 2.55. The van der Waals surface area contributed by atoms with Gasteiger partial charge in [-0.1, -0.05) is 43.7 Å². The Kier molecular flexibility index (Phi) is 5.87. The molecule has 0 aliphatic heterocycles. The van der Waals surface area contributed by atoms with E-state index in [0.717, 1.165) is 51.0 Å². The van der Waals surface area contributed by atoms with Gasteiger partial charge in [0.2, 0.25) is 0 Å². The first-order valence-electron chi connectivity index (χ1n) is 7.70. The molecule has 0 saturated heterocycles. The first-order valence-corrected chi connectivity index (χ1v) is 7.70. The molecule has 0 radical (unpaired) electrons. The van der Waals surface area contributed by atoms with Crippen molar-refractivity contribution in [3.05, 3.63) is 42.0 Å². The minimum absolute atomic E-state index is 0.774. The van der Waals surface area contributed by atoms with Crippen molar-refractivity contribution in [2.75, 3.05) is 13.2 Å². The number of aryl methyl sites for hydroxylation is 1. The number of fused-ring (bicyclic) bond motifs is 1. The zero-order valence-corrected chi connectivity index (χ0v) is 12.4. The van der Waals surface area contributed by atoms with Crippen LogP contribution in [0.3, 0.4) is 0 Å². The van der Waals surface area contributed by atoms with E-state index in [1.54, 1.807) is 0 Å². The standard InChI is InChI=1S/C18H25NO/c1-2-3-14-20-18-12-11-15(8-6-7-13-19)16-9-4-5-10-17(16)18/h4-5,9-12H,2-3,6-8,13-14,19H2,1H3. The average Bonchev–Trinajstić information content (AvgIpc) is 2.49. The predicted octanol–water partition coefficient (Wildman–Crippen LogP) is 4.30. The maximum absolute atomic E-state index is 5.92. The van der Waals surface area contributed by atoms with Crippen LogP contribution in [0.1, 0.15) is 38.2 Å². The Morgan fingerprint density at radius 3 is 2.50 bits per heavy atom. The van der Waals surface area contributed by atoms with Gasteiger partial charge in [-0.2, -0.15) is 0 Å². The highest BCUT2D eigenvalue weighted by Gasteiger charge is 2.06. The Morgan fingerprint density at radius 2 is 1.75 bits per heavy atom. The molecule has 2 rings (SSSR count). The topological polar surface area (TPSA) is 35.2 Å². The summed E-state index contributed by atoms with van der Waals surface area (Å²) in [6.45, 7) is 3.76. The second-order valence-electron chi connectivity index (χ2n) is 5.22. The quantitative estimate of drug-likeness (QED) is 0.726. The van der Waals surface area contributed by atoms with Gasteiger partial charge in [0, 0.05) is 5.39 Å². The summed E-state index contributed by atoms with van der Waals surface area (Å²) in [7, 11) is 0. The lowest BCUT2D eigenvalue weighted by molar-refractivity contribution is 0.313. The monoisotopic (exact) mass is 271 g/mol. The van der Waals surface area contributed by atoms with E-state index in [2.05, 4.69) is 43.3 Å². The van der Waals surface area contributed by atoms with E-state index >= 15 is 0 Å². The largest absolute Gasteiger partial charge is 0.493 e. The van der Waals surface area contributed by atoms with Gasteiger partial charge in [0.15, 0.2) is 0 Å². The van der Waals surface area contributed by atoms with Gasteiger partial charge in [-0.15, -0.1) is 0 Å². The molecule has 108 valence electrons. The normalized spacial score (nSPS) is 10.9. The molecular formula is C18H25NO. The van der Waals surface area contributed by atoms with Gasteiger partial charge in [-0.25, -0.2) is 0 Å². The van der Waals surface area contributed by atoms with Crippen molar-refractivity contribution in [1.82, 2.24) is 0 Å². The Hall–Kier alpha value is -1.54. The molecule has 0 heterocycles. The van der Waals surface area contributed by atoms with Crippen molar-refractivity contribution in [2.45, 2.75) is 39.0 Å². The molecule has 0 spiro atoms. The number of unbranched alkanes of at least 4 members (excludes halogenated alkanes) is 2.